The van der Waals surface area contributed by atoms with Crippen molar-refractivity contribution in [2.75, 3.05) is 33.2 Å². The van der Waals surface area contributed by atoms with Crippen molar-refractivity contribution in [1.29, 1.82) is 0 Å². The Morgan fingerprint density at radius 1 is 1.37 bits per heavy atom. The average molecular weight is 269 g/mol. The maximum absolute atomic E-state index is 11.8. The van der Waals surface area contributed by atoms with Gasteiger partial charge in [0, 0.05) is 13.0 Å². The Morgan fingerprint density at radius 3 is 2.58 bits per heavy atom. The van der Waals surface area contributed by atoms with Gasteiger partial charge in [-0.15, -0.1) is 0 Å². The van der Waals surface area contributed by atoms with E-state index in [2.05, 4.69) is 31.1 Å². The van der Waals surface area contributed by atoms with Crippen LogP contribution in [0.3, 0.4) is 0 Å². The molecule has 0 aromatic rings. The third-order valence-electron chi connectivity index (χ3n) is 4.43. The SMILES string of the molecule is CC(CCN)CCC(=O)NCC1(C)CCN(C)CC1. The molecule has 1 fully saturated rings. The van der Waals surface area contributed by atoms with Crippen molar-refractivity contribution in [2.24, 2.45) is 17.1 Å². The lowest BCUT2D eigenvalue weighted by Crippen LogP contribution is -2.43. The molecule has 1 saturated heterocycles. The number of piperidine rings is 1. The molecule has 1 amide bonds. The molecule has 1 unspecified atom stereocenters. The molecule has 0 bridgehead atoms. The zero-order chi connectivity index (χ0) is 14.3. The number of carbonyl (C=O) groups excluding carboxylic acids is 1. The fraction of sp³-hybridized carbons (Fsp3) is 0.933. The Kier molecular flexibility index (Phi) is 6.80. The van der Waals surface area contributed by atoms with Gasteiger partial charge < -0.3 is 16.0 Å². The van der Waals surface area contributed by atoms with E-state index < -0.39 is 0 Å². The minimum atomic E-state index is 0.198. The van der Waals surface area contributed by atoms with Crippen LogP contribution in [0.2, 0.25) is 0 Å². The summed E-state index contributed by atoms with van der Waals surface area (Å²) in [5.41, 5.74) is 5.80. The van der Waals surface area contributed by atoms with Gasteiger partial charge in [0.1, 0.15) is 0 Å². The van der Waals surface area contributed by atoms with Gasteiger partial charge in [0.25, 0.3) is 0 Å². The van der Waals surface area contributed by atoms with Crippen LogP contribution in [0.1, 0.15) is 46.0 Å². The molecule has 1 heterocycles. The van der Waals surface area contributed by atoms with Gasteiger partial charge in [-0.25, -0.2) is 0 Å². The van der Waals surface area contributed by atoms with Crippen molar-refractivity contribution in [2.45, 2.75) is 46.0 Å². The van der Waals surface area contributed by atoms with Crippen LogP contribution in [-0.4, -0.2) is 44.0 Å². The van der Waals surface area contributed by atoms with Crippen LogP contribution in [0.15, 0.2) is 0 Å². The summed E-state index contributed by atoms with van der Waals surface area (Å²) in [7, 11) is 2.16. The van der Waals surface area contributed by atoms with Gasteiger partial charge in [-0.1, -0.05) is 13.8 Å². The predicted molar refractivity (Wildman–Crippen MR) is 79.9 cm³/mol. The van der Waals surface area contributed by atoms with E-state index in [9.17, 15) is 4.79 Å². The minimum absolute atomic E-state index is 0.198. The quantitative estimate of drug-likeness (QED) is 0.738. The number of hydrogen-bond donors (Lipinski definition) is 2. The summed E-state index contributed by atoms with van der Waals surface area (Å²) < 4.78 is 0. The van der Waals surface area contributed by atoms with Crippen LogP contribution in [0.25, 0.3) is 0 Å². The van der Waals surface area contributed by atoms with Crippen LogP contribution in [0, 0.1) is 11.3 Å². The van der Waals surface area contributed by atoms with Crippen LogP contribution < -0.4 is 11.1 Å². The molecule has 4 nitrogen and oxygen atoms in total. The lowest BCUT2D eigenvalue weighted by atomic mass is 9.80. The number of carbonyl (C=O) groups is 1. The first-order chi connectivity index (χ1) is 8.95. The molecule has 3 N–H and O–H groups in total. The van der Waals surface area contributed by atoms with Crippen LogP contribution in [0.5, 0.6) is 0 Å². The topological polar surface area (TPSA) is 58.4 Å². The molecule has 1 aliphatic rings. The number of nitrogens with zero attached hydrogens (tertiary/aromatic N) is 1. The Bertz CT molecular complexity index is 273. The maximum Gasteiger partial charge on any atom is 0.220 e. The third-order valence-corrected chi connectivity index (χ3v) is 4.43. The Morgan fingerprint density at radius 2 is 2.00 bits per heavy atom. The molecule has 0 aliphatic carbocycles. The van der Waals surface area contributed by atoms with Crippen molar-refractivity contribution in [3.8, 4) is 0 Å². The summed E-state index contributed by atoms with van der Waals surface area (Å²) in [4.78, 5) is 14.2. The molecule has 1 aliphatic heterocycles. The van der Waals surface area contributed by atoms with Crippen molar-refractivity contribution in [1.82, 2.24) is 10.2 Å². The molecule has 0 spiro atoms. The van der Waals surface area contributed by atoms with Gasteiger partial charge in [-0.3, -0.25) is 4.79 Å². The summed E-state index contributed by atoms with van der Waals surface area (Å²) in [6, 6.07) is 0. The minimum Gasteiger partial charge on any atom is -0.356 e. The molecule has 4 heteroatoms. The van der Waals surface area contributed by atoms with E-state index in [0.717, 1.165) is 32.5 Å². The highest BCUT2D eigenvalue weighted by atomic mass is 16.1. The predicted octanol–water partition coefficient (Wildman–Crippen LogP) is 1.60. The Balaban J connectivity index is 2.19. The van der Waals surface area contributed by atoms with E-state index in [1.165, 1.54) is 12.8 Å². The van der Waals surface area contributed by atoms with Crippen molar-refractivity contribution in [3.05, 3.63) is 0 Å². The van der Waals surface area contributed by atoms with E-state index >= 15 is 0 Å². The fourth-order valence-electron chi connectivity index (χ4n) is 2.54. The van der Waals surface area contributed by atoms with Gasteiger partial charge in [0.2, 0.25) is 5.91 Å². The largest absolute Gasteiger partial charge is 0.356 e. The fourth-order valence-corrected chi connectivity index (χ4v) is 2.54. The van der Waals surface area contributed by atoms with Crippen molar-refractivity contribution in [3.63, 3.8) is 0 Å². The molecular weight excluding hydrogens is 238 g/mol. The number of rotatable bonds is 7. The maximum atomic E-state index is 11.8. The van der Waals surface area contributed by atoms with E-state index in [4.69, 9.17) is 5.73 Å². The third kappa shape index (κ3) is 6.39. The lowest BCUT2D eigenvalue weighted by Gasteiger charge is -2.38. The summed E-state index contributed by atoms with van der Waals surface area (Å²) in [5, 5.41) is 3.12. The zero-order valence-corrected chi connectivity index (χ0v) is 12.9. The number of nitrogens with one attached hydrogen (secondary N) is 1. The summed E-state index contributed by atoms with van der Waals surface area (Å²) in [5.74, 6) is 0.749. The second kappa shape index (κ2) is 7.85. The molecule has 1 rings (SSSR count). The smallest absolute Gasteiger partial charge is 0.220 e. The Labute approximate surface area is 118 Å². The first-order valence-corrected chi connectivity index (χ1v) is 7.60. The van der Waals surface area contributed by atoms with Crippen LogP contribution in [0.4, 0.5) is 0 Å². The van der Waals surface area contributed by atoms with Crippen LogP contribution >= 0.6 is 0 Å². The van der Waals surface area contributed by atoms with Gasteiger partial charge in [-0.2, -0.15) is 0 Å². The second-order valence-electron chi connectivity index (χ2n) is 6.61. The number of amides is 1. The second-order valence-corrected chi connectivity index (χ2v) is 6.61. The molecule has 19 heavy (non-hydrogen) atoms. The highest BCUT2D eigenvalue weighted by molar-refractivity contribution is 5.75. The normalized spacial score (nSPS) is 21.1. The molecule has 1 atom stereocenters. The number of nitrogens with two attached hydrogens (primary N) is 1. The van der Waals surface area contributed by atoms with E-state index in [1.54, 1.807) is 0 Å². The van der Waals surface area contributed by atoms with Crippen LogP contribution in [-0.2, 0) is 4.79 Å². The lowest BCUT2D eigenvalue weighted by molar-refractivity contribution is -0.122. The highest BCUT2D eigenvalue weighted by Gasteiger charge is 2.28. The van der Waals surface area contributed by atoms with Gasteiger partial charge >= 0.3 is 0 Å². The van der Waals surface area contributed by atoms with E-state index in [0.29, 0.717) is 18.9 Å². The number of likely N-dealkylation sites (tertiary alicyclic amines) is 1. The molecular formula is C15H31N3O. The monoisotopic (exact) mass is 269 g/mol. The first-order valence-electron chi connectivity index (χ1n) is 7.60. The molecule has 0 aromatic carbocycles. The molecule has 0 aromatic heterocycles. The van der Waals surface area contributed by atoms with Gasteiger partial charge in [0.05, 0.1) is 0 Å². The molecule has 112 valence electrons. The molecule has 0 radical (unpaired) electrons. The molecule has 0 saturated carbocycles. The van der Waals surface area contributed by atoms with Gasteiger partial charge in [-0.05, 0) is 63.7 Å². The average Bonchev–Trinajstić information content (AvgIpc) is 2.38. The van der Waals surface area contributed by atoms with Crippen molar-refractivity contribution >= 4 is 5.91 Å². The summed E-state index contributed by atoms with van der Waals surface area (Å²) >= 11 is 0. The van der Waals surface area contributed by atoms with Gasteiger partial charge in [0.15, 0.2) is 0 Å². The zero-order valence-electron chi connectivity index (χ0n) is 12.9. The standard InChI is InChI=1S/C15H31N3O/c1-13(6-9-16)4-5-14(19)17-12-15(2)7-10-18(3)11-8-15/h13H,4-12,16H2,1-3H3,(H,17,19). The highest BCUT2D eigenvalue weighted by Crippen LogP contribution is 2.29. The van der Waals surface area contributed by atoms with E-state index in [1.807, 2.05) is 0 Å². The summed E-state index contributed by atoms with van der Waals surface area (Å²) in [6.07, 6.45) is 4.94. The van der Waals surface area contributed by atoms with Crippen molar-refractivity contribution < 1.29 is 4.79 Å². The Hall–Kier alpha value is -0.610. The first kappa shape index (κ1) is 16.4. The number of hydrogen-bond acceptors (Lipinski definition) is 3. The van der Waals surface area contributed by atoms with E-state index in [-0.39, 0.29) is 11.3 Å². The summed E-state index contributed by atoms with van der Waals surface area (Å²) in [6.45, 7) is 8.27.